The fourth-order valence-corrected chi connectivity index (χ4v) is 1.09. The summed E-state index contributed by atoms with van der Waals surface area (Å²) in [4.78, 5) is 10.7. The Balaban J connectivity index is 2.89. The van der Waals surface area contributed by atoms with Crippen molar-refractivity contribution in [1.82, 2.24) is 9.78 Å². The zero-order valence-electron chi connectivity index (χ0n) is 7.59. The third-order valence-corrected chi connectivity index (χ3v) is 1.55. The molecule has 0 unspecified atom stereocenters. The lowest BCUT2D eigenvalue weighted by atomic mass is 10.3. The van der Waals surface area contributed by atoms with Crippen molar-refractivity contribution in [2.24, 2.45) is 7.05 Å². The molecule has 0 saturated carbocycles. The molecule has 0 aliphatic heterocycles. The summed E-state index contributed by atoms with van der Waals surface area (Å²) >= 11 is 0. The highest BCUT2D eigenvalue weighted by Crippen LogP contribution is 2.12. The van der Waals surface area contributed by atoms with Crippen molar-refractivity contribution < 1.29 is 4.79 Å². The van der Waals surface area contributed by atoms with Gasteiger partial charge in [-0.05, 0) is 6.42 Å². The van der Waals surface area contributed by atoms with Gasteiger partial charge in [-0.3, -0.25) is 9.48 Å². The smallest absolute Gasteiger partial charge is 0.221 e. The molecule has 0 spiro atoms. The van der Waals surface area contributed by atoms with Crippen LogP contribution in [0, 0.1) is 0 Å². The van der Waals surface area contributed by atoms with Gasteiger partial charge in [-0.15, -0.1) is 0 Å². The van der Waals surface area contributed by atoms with Gasteiger partial charge in [0.2, 0.25) is 5.91 Å². The number of rotatable bonds is 2. The van der Waals surface area contributed by atoms with E-state index in [9.17, 15) is 4.79 Å². The Morgan fingerprint density at radius 2 is 2.42 bits per heavy atom. The van der Waals surface area contributed by atoms with Crippen LogP contribution in [0.25, 0.3) is 0 Å². The van der Waals surface area contributed by atoms with Crippen molar-refractivity contribution in [3.8, 4) is 0 Å². The lowest BCUT2D eigenvalue weighted by molar-refractivity contribution is -0.114. The molecule has 0 aliphatic rings. The van der Waals surface area contributed by atoms with Gasteiger partial charge in [0, 0.05) is 20.2 Å². The monoisotopic (exact) mass is 167 g/mol. The zero-order chi connectivity index (χ0) is 9.14. The highest BCUT2D eigenvalue weighted by atomic mass is 16.1. The van der Waals surface area contributed by atoms with E-state index in [1.54, 1.807) is 10.9 Å². The summed E-state index contributed by atoms with van der Waals surface area (Å²) in [5, 5.41) is 6.91. The SMILES string of the molecule is CCc1nn(C)cc1NC(C)=O. The molecule has 1 aromatic heterocycles. The number of carbonyl (C=O) groups is 1. The molecule has 0 aliphatic carbocycles. The molecule has 4 heteroatoms. The maximum absolute atomic E-state index is 10.7. The van der Waals surface area contributed by atoms with E-state index in [2.05, 4.69) is 10.4 Å². The van der Waals surface area contributed by atoms with Gasteiger partial charge < -0.3 is 5.32 Å². The first-order valence-corrected chi connectivity index (χ1v) is 3.93. The second-order valence-electron chi connectivity index (χ2n) is 2.70. The van der Waals surface area contributed by atoms with Gasteiger partial charge in [-0.1, -0.05) is 6.92 Å². The third-order valence-electron chi connectivity index (χ3n) is 1.55. The van der Waals surface area contributed by atoms with Gasteiger partial charge in [0.1, 0.15) is 0 Å². The van der Waals surface area contributed by atoms with Gasteiger partial charge >= 0.3 is 0 Å². The van der Waals surface area contributed by atoms with Crippen LogP contribution in [0.15, 0.2) is 6.20 Å². The van der Waals surface area contributed by atoms with E-state index in [1.165, 1.54) is 6.92 Å². The van der Waals surface area contributed by atoms with Crippen LogP contribution in [-0.4, -0.2) is 15.7 Å². The number of anilines is 1. The van der Waals surface area contributed by atoms with Crippen molar-refractivity contribution in [3.63, 3.8) is 0 Å². The van der Waals surface area contributed by atoms with Gasteiger partial charge in [-0.25, -0.2) is 0 Å². The largest absolute Gasteiger partial charge is 0.323 e. The fraction of sp³-hybridized carbons (Fsp3) is 0.500. The van der Waals surface area contributed by atoms with Crippen LogP contribution in [-0.2, 0) is 18.3 Å². The Bertz CT molecular complexity index is 290. The lowest BCUT2D eigenvalue weighted by Gasteiger charge is -1.98. The van der Waals surface area contributed by atoms with E-state index in [1.807, 2.05) is 14.0 Å². The number of hydrogen-bond donors (Lipinski definition) is 1. The second kappa shape index (κ2) is 3.38. The summed E-state index contributed by atoms with van der Waals surface area (Å²) in [5.41, 5.74) is 1.74. The van der Waals surface area contributed by atoms with Crippen LogP contribution in [0.2, 0.25) is 0 Å². The summed E-state index contributed by atoms with van der Waals surface area (Å²) in [6, 6.07) is 0. The summed E-state index contributed by atoms with van der Waals surface area (Å²) in [6.45, 7) is 3.50. The molecule has 1 amide bonds. The van der Waals surface area contributed by atoms with Gasteiger partial charge in [0.25, 0.3) is 0 Å². The summed E-state index contributed by atoms with van der Waals surface area (Å²) in [5.74, 6) is -0.0577. The number of aromatic nitrogens is 2. The van der Waals surface area contributed by atoms with E-state index in [0.29, 0.717) is 0 Å². The lowest BCUT2D eigenvalue weighted by Crippen LogP contribution is -2.06. The summed E-state index contributed by atoms with van der Waals surface area (Å²) < 4.78 is 1.70. The molecule has 0 fully saturated rings. The first kappa shape index (κ1) is 8.77. The van der Waals surface area contributed by atoms with Crippen molar-refractivity contribution in [3.05, 3.63) is 11.9 Å². The van der Waals surface area contributed by atoms with Crippen molar-refractivity contribution in [2.45, 2.75) is 20.3 Å². The van der Waals surface area contributed by atoms with Crippen molar-refractivity contribution in [1.29, 1.82) is 0 Å². The van der Waals surface area contributed by atoms with Gasteiger partial charge in [-0.2, -0.15) is 5.10 Å². The first-order chi connectivity index (χ1) is 5.63. The van der Waals surface area contributed by atoms with Crippen LogP contribution in [0.5, 0.6) is 0 Å². The Morgan fingerprint density at radius 3 is 2.92 bits per heavy atom. The molecule has 0 aromatic carbocycles. The molecule has 0 atom stereocenters. The Morgan fingerprint density at radius 1 is 1.75 bits per heavy atom. The predicted octanol–water partition coefficient (Wildman–Crippen LogP) is 0.941. The molecule has 1 rings (SSSR count). The second-order valence-corrected chi connectivity index (χ2v) is 2.70. The van der Waals surface area contributed by atoms with Crippen LogP contribution in [0.3, 0.4) is 0 Å². The minimum absolute atomic E-state index is 0.0577. The third kappa shape index (κ3) is 1.84. The zero-order valence-corrected chi connectivity index (χ0v) is 7.59. The molecule has 1 N–H and O–H groups in total. The molecule has 1 heterocycles. The molecular formula is C8H13N3O. The summed E-state index contributed by atoms with van der Waals surface area (Å²) in [6.07, 6.45) is 2.64. The fourth-order valence-electron chi connectivity index (χ4n) is 1.09. The molecule has 0 radical (unpaired) electrons. The normalized spacial score (nSPS) is 9.92. The first-order valence-electron chi connectivity index (χ1n) is 3.93. The van der Waals surface area contributed by atoms with Crippen LogP contribution >= 0.6 is 0 Å². The molecule has 1 aromatic rings. The molecule has 12 heavy (non-hydrogen) atoms. The minimum Gasteiger partial charge on any atom is -0.323 e. The van der Waals surface area contributed by atoms with Crippen molar-refractivity contribution >= 4 is 11.6 Å². The van der Waals surface area contributed by atoms with E-state index >= 15 is 0 Å². The maximum Gasteiger partial charge on any atom is 0.221 e. The van der Waals surface area contributed by atoms with Crippen LogP contribution in [0.4, 0.5) is 5.69 Å². The van der Waals surface area contributed by atoms with E-state index in [-0.39, 0.29) is 5.91 Å². The maximum atomic E-state index is 10.7. The molecule has 4 nitrogen and oxygen atoms in total. The Kier molecular flexibility index (Phi) is 2.47. The molecule has 0 saturated heterocycles. The number of carbonyl (C=O) groups excluding carboxylic acids is 1. The topological polar surface area (TPSA) is 46.9 Å². The molecule has 0 bridgehead atoms. The molecular weight excluding hydrogens is 154 g/mol. The number of nitrogens with zero attached hydrogens (tertiary/aromatic N) is 2. The number of amides is 1. The van der Waals surface area contributed by atoms with E-state index in [4.69, 9.17) is 0 Å². The minimum atomic E-state index is -0.0577. The van der Waals surface area contributed by atoms with Gasteiger partial charge in [0.05, 0.1) is 11.4 Å². The van der Waals surface area contributed by atoms with Crippen LogP contribution in [0.1, 0.15) is 19.5 Å². The number of hydrogen-bond acceptors (Lipinski definition) is 2. The quantitative estimate of drug-likeness (QED) is 0.712. The number of aryl methyl sites for hydroxylation is 2. The average Bonchev–Trinajstić information content (AvgIpc) is 2.29. The van der Waals surface area contributed by atoms with E-state index in [0.717, 1.165) is 17.8 Å². The summed E-state index contributed by atoms with van der Waals surface area (Å²) in [7, 11) is 1.84. The Labute approximate surface area is 71.6 Å². The standard InChI is InChI=1S/C8H13N3O/c1-4-7-8(9-6(2)12)5-11(3)10-7/h5H,4H2,1-3H3,(H,9,12). The van der Waals surface area contributed by atoms with Gasteiger partial charge in [0.15, 0.2) is 0 Å². The van der Waals surface area contributed by atoms with Crippen LogP contribution < -0.4 is 5.32 Å². The highest BCUT2D eigenvalue weighted by molar-refractivity contribution is 5.89. The highest BCUT2D eigenvalue weighted by Gasteiger charge is 2.05. The average molecular weight is 167 g/mol. The Hall–Kier alpha value is -1.32. The van der Waals surface area contributed by atoms with Crippen molar-refractivity contribution in [2.75, 3.05) is 5.32 Å². The van der Waals surface area contributed by atoms with E-state index < -0.39 is 0 Å². The number of nitrogens with one attached hydrogen (secondary N) is 1. The molecule has 66 valence electrons. The predicted molar refractivity (Wildman–Crippen MR) is 46.9 cm³/mol.